The Morgan fingerprint density at radius 2 is 1.79 bits per heavy atom. The summed E-state index contributed by atoms with van der Waals surface area (Å²) in [6.07, 6.45) is 0. The largest absolute Gasteiger partial charge is 0.459 e. The molecule has 12 nitrogen and oxygen atoms in total. The van der Waals surface area contributed by atoms with Gasteiger partial charge in [-0.3, -0.25) is 29.4 Å². The van der Waals surface area contributed by atoms with Gasteiger partial charge in [0.2, 0.25) is 10.0 Å². The minimum Gasteiger partial charge on any atom is -0.459 e. The van der Waals surface area contributed by atoms with Gasteiger partial charge in [0.25, 0.3) is 17.5 Å². The number of hydrogen-bond donors (Lipinski definition) is 0. The third-order valence-electron chi connectivity index (χ3n) is 5.37. The van der Waals surface area contributed by atoms with Crippen LogP contribution in [0.2, 0.25) is 0 Å². The van der Waals surface area contributed by atoms with Gasteiger partial charge in [-0.2, -0.15) is 4.31 Å². The zero-order valence-electron chi connectivity index (χ0n) is 17.7. The number of esters is 1. The number of hydrogen-bond acceptors (Lipinski definition) is 9. The summed E-state index contributed by atoms with van der Waals surface area (Å²) in [5, 5.41) is 11.2. The number of nitro benzene ring substituents is 1. The van der Waals surface area contributed by atoms with Crippen molar-refractivity contribution >= 4 is 33.5 Å². The molecule has 0 saturated carbocycles. The highest BCUT2D eigenvalue weighted by Crippen LogP contribution is 2.30. The summed E-state index contributed by atoms with van der Waals surface area (Å²) >= 11 is 0. The van der Waals surface area contributed by atoms with Crippen molar-refractivity contribution < 1.29 is 37.2 Å². The van der Waals surface area contributed by atoms with Gasteiger partial charge < -0.3 is 9.47 Å². The second kappa shape index (κ2) is 9.29. The molecule has 2 amide bonds. The van der Waals surface area contributed by atoms with Crippen LogP contribution in [0.25, 0.3) is 0 Å². The molecule has 0 atom stereocenters. The van der Waals surface area contributed by atoms with E-state index in [1.807, 2.05) is 0 Å². The molecule has 1 saturated heterocycles. The average molecular weight is 489 g/mol. The van der Waals surface area contributed by atoms with Gasteiger partial charge in [-0.1, -0.05) is 18.2 Å². The van der Waals surface area contributed by atoms with Crippen LogP contribution in [0.3, 0.4) is 0 Å². The summed E-state index contributed by atoms with van der Waals surface area (Å²) in [6, 6.07) is 9.54. The number of benzene rings is 2. The highest BCUT2D eigenvalue weighted by molar-refractivity contribution is 7.89. The summed E-state index contributed by atoms with van der Waals surface area (Å²) in [7, 11) is -3.74. The van der Waals surface area contributed by atoms with Gasteiger partial charge in [-0.25, -0.2) is 8.42 Å². The lowest BCUT2D eigenvalue weighted by molar-refractivity contribution is -0.385. The van der Waals surface area contributed by atoms with Crippen LogP contribution in [-0.2, 0) is 30.9 Å². The Hall–Kier alpha value is -3.68. The van der Waals surface area contributed by atoms with Gasteiger partial charge in [0.15, 0.2) is 0 Å². The number of nitro groups is 1. The highest BCUT2D eigenvalue weighted by atomic mass is 32.2. The van der Waals surface area contributed by atoms with E-state index in [2.05, 4.69) is 0 Å². The van der Waals surface area contributed by atoms with E-state index in [9.17, 15) is 32.9 Å². The number of nitrogens with zero attached hydrogens (tertiary/aromatic N) is 3. The Balaban J connectivity index is 1.42. The predicted molar refractivity (Wildman–Crippen MR) is 114 cm³/mol. The molecular formula is C21H19N3O9S. The zero-order valence-corrected chi connectivity index (χ0v) is 18.5. The molecule has 1 fully saturated rings. The molecule has 0 spiro atoms. The minimum atomic E-state index is -3.74. The molecule has 0 aromatic heterocycles. The standard InChI is InChI=1S/C21H19N3O9S/c25-18(12-23-20(26)16-5-2-6-17(24(28)29)19(16)21(23)27)33-13-14-3-1-4-15(11-14)34(30,31)22-7-9-32-10-8-22/h1-6,11H,7-10,12-13H2. The first kappa shape index (κ1) is 23.5. The van der Waals surface area contributed by atoms with Gasteiger partial charge >= 0.3 is 5.97 Å². The number of carbonyl (C=O) groups is 3. The molecule has 2 aliphatic heterocycles. The van der Waals surface area contributed by atoms with E-state index in [0.717, 1.165) is 6.07 Å². The molecule has 2 heterocycles. The molecule has 4 rings (SSSR count). The number of rotatable bonds is 7. The first-order valence-corrected chi connectivity index (χ1v) is 11.6. The normalized spacial score (nSPS) is 16.4. The summed E-state index contributed by atoms with van der Waals surface area (Å²) in [6.45, 7) is 0.0405. The Labute approximate surface area is 193 Å². The monoisotopic (exact) mass is 489 g/mol. The van der Waals surface area contributed by atoms with Crippen LogP contribution in [0, 0.1) is 10.1 Å². The second-order valence-electron chi connectivity index (χ2n) is 7.48. The maximum absolute atomic E-state index is 12.8. The van der Waals surface area contributed by atoms with Crippen molar-refractivity contribution in [3.63, 3.8) is 0 Å². The minimum absolute atomic E-state index is 0.0376. The average Bonchev–Trinajstić information content (AvgIpc) is 3.08. The first-order chi connectivity index (χ1) is 16.2. The van der Waals surface area contributed by atoms with Crippen LogP contribution in [0.4, 0.5) is 5.69 Å². The first-order valence-electron chi connectivity index (χ1n) is 10.2. The number of carbonyl (C=O) groups excluding carboxylic acids is 3. The highest BCUT2D eigenvalue weighted by Gasteiger charge is 2.42. The number of sulfonamides is 1. The van der Waals surface area contributed by atoms with Crippen LogP contribution < -0.4 is 0 Å². The zero-order chi connectivity index (χ0) is 24.5. The van der Waals surface area contributed by atoms with E-state index in [-0.39, 0.29) is 35.7 Å². The fourth-order valence-corrected chi connectivity index (χ4v) is 5.16. The van der Waals surface area contributed by atoms with Crippen LogP contribution >= 0.6 is 0 Å². The number of morpholine rings is 1. The lowest BCUT2D eigenvalue weighted by Gasteiger charge is -2.26. The number of imide groups is 1. The van der Waals surface area contributed by atoms with E-state index in [0.29, 0.717) is 23.7 Å². The lowest BCUT2D eigenvalue weighted by Crippen LogP contribution is -2.40. The number of fused-ring (bicyclic) bond motifs is 1. The Bertz CT molecular complexity index is 1290. The fraction of sp³-hybridized carbons (Fsp3) is 0.286. The molecule has 0 N–H and O–H groups in total. The van der Waals surface area contributed by atoms with Crippen LogP contribution in [0.1, 0.15) is 26.3 Å². The molecule has 2 aromatic rings. The third kappa shape index (κ3) is 4.40. The maximum Gasteiger partial charge on any atom is 0.326 e. The van der Waals surface area contributed by atoms with Crippen molar-refractivity contribution in [1.82, 2.24) is 9.21 Å². The van der Waals surface area contributed by atoms with E-state index >= 15 is 0 Å². The number of ether oxygens (including phenoxy) is 2. The smallest absolute Gasteiger partial charge is 0.326 e. The van der Waals surface area contributed by atoms with Gasteiger partial charge in [0.1, 0.15) is 18.7 Å². The van der Waals surface area contributed by atoms with Crippen molar-refractivity contribution in [2.75, 3.05) is 32.8 Å². The topological polar surface area (TPSA) is 153 Å². The molecule has 178 valence electrons. The van der Waals surface area contributed by atoms with Crippen molar-refractivity contribution in [1.29, 1.82) is 0 Å². The van der Waals surface area contributed by atoms with E-state index in [1.165, 1.54) is 34.6 Å². The van der Waals surface area contributed by atoms with E-state index < -0.39 is 45.0 Å². The Morgan fingerprint density at radius 3 is 2.50 bits per heavy atom. The van der Waals surface area contributed by atoms with Gasteiger partial charge in [0.05, 0.1) is 28.6 Å². The summed E-state index contributed by atoms with van der Waals surface area (Å²) in [5.74, 6) is -2.72. The summed E-state index contributed by atoms with van der Waals surface area (Å²) in [4.78, 5) is 48.4. The number of amides is 2. The molecular weight excluding hydrogens is 470 g/mol. The van der Waals surface area contributed by atoms with E-state index in [1.54, 1.807) is 6.07 Å². The molecule has 0 bridgehead atoms. The van der Waals surface area contributed by atoms with Gasteiger partial charge in [-0.05, 0) is 23.8 Å². The van der Waals surface area contributed by atoms with Crippen molar-refractivity contribution in [3.05, 3.63) is 69.3 Å². The second-order valence-corrected chi connectivity index (χ2v) is 9.42. The Kier molecular flexibility index (Phi) is 6.41. The lowest BCUT2D eigenvalue weighted by atomic mass is 10.1. The SMILES string of the molecule is O=C(CN1C(=O)c2cccc([N+](=O)[O-])c2C1=O)OCc1cccc(S(=O)(=O)N2CCOCC2)c1. The molecule has 0 unspecified atom stereocenters. The predicted octanol–water partition coefficient (Wildman–Crippen LogP) is 0.955. The van der Waals surface area contributed by atoms with Crippen molar-refractivity contribution in [2.45, 2.75) is 11.5 Å². The third-order valence-corrected chi connectivity index (χ3v) is 7.26. The van der Waals surface area contributed by atoms with Gasteiger partial charge in [-0.15, -0.1) is 0 Å². The maximum atomic E-state index is 12.8. The van der Waals surface area contributed by atoms with E-state index in [4.69, 9.17) is 9.47 Å². The molecule has 34 heavy (non-hydrogen) atoms. The molecule has 13 heteroatoms. The van der Waals surface area contributed by atoms with Crippen molar-refractivity contribution in [3.8, 4) is 0 Å². The van der Waals surface area contributed by atoms with Gasteiger partial charge in [0, 0.05) is 19.2 Å². The molecule has 0 radical (unpaired) electrons. The quantitative estimate of drug-likeness (QED) is 0.239. The van der Waals surface area contributed by atoms with Crippen LogP contribution in [-0.4, -0.2) is 73.2 Å². The van der Waals surface area contributed by atoms with Crippen LogP contribution in [0.5, 0.6) is 0 Å². The fourth-order valence-electron chi connectivity index (χ4n) is 3.68. The molecule has 2 aromatic carbocycles. The summed E-state index contributed by atoms with van der Waals surface area (Å²) < 4.78 is 37.2. The molecule has 0 aliphatic carbocycles. The molecule has 2 aliphatic rings. The Morgan fingerprint density at radius 1 is 1.09 bits per heavy atom. The summed E-state index contributed by atoms with van der Waals surface area (Å²) in [5.41, 5.74) is -0.662. The van der Waals surface area contributed by atoms with Crippen LogP contribution in [0.15, 0.2) is 47.4 Å². The van der Waals surface area contributed by atoms with Crippen molar-refractivity contribution in [2.24, 2.45) is 0 Å².